The molecule has 0 amide bonds. The molecule has 0 spiro atoms. The zero-order valence-corrected chi connectivity index (χ0v) is 9.91. The third-order valence-corrected chi connectivity index (χ3v) is 2.26. The molecule has 88 valence electrons. The summed E-state index contributed by atoms with van der Waals surface area (Å²) in [6.07, 6.45) is 0.667. The molecule has 0 unspecified atom stereocenters. The normalized spacial score (nSPS) is 10.3. The van der Waals surface area contributed by atoms with Gasteiger partial charge in [0.05, 0.1) is 0 Å². The molecule has 0 fully saturated rings. The van der Waals surface area contributed by atoms with E-state index in [0.29, 0.717) is 29.0 Å². The molecule has 1 aromatic heterocycles. The molecular weight excluding hydrogens is 243 g/mol. The average molecular weight is 253 g/mol. The fourth-order valence-corrected chi connectivity index (χ4v) is 1.47. The molecule has 0 aliphatic carbocycles. The summed E-state index contributed by atoms with van der Waals surface area (Å²) in [6.45, 7) is 1.92. The van der Waals surface area contributed by atoms with Crippen molar-refractivity contribution in [2.45, 2.75) is 13.3 Å². The molecule has 17 heavy (non-hydrogen) atoms. The van der Waals surface area contributed by atoms with E-state index < -0.39 is 0 Å². The second kappa shape index (κ2) is 5.10. The predicted octanol–water partition coefficient (Wildman–Crippen LogP) is 3.62. The highest BCUT2D eigenvalue weighted by atomic mass is 35.5. The largest absolute Gasteiger partial charge is 0.439 e. The average Bonchev–Trinajstić information content (AvgIpc) is 2.31. The third kappa shape index (κ3) is 3.14. The smallest absolute Gasteiger partial charge is 0.224 e. The molecule has 0 atom stereocenters. The molecule has 2 rings (SSSR count). The van der Waals surface area contributed by atoms with Crippen LogP contribution in [0, 0.1) is 5.82 Å². The molecule has 0 saturated carbocycles. The van der Waals surface area contributed by atoms with Crippen molar-refractivity contribution in [1.29, 1.82) is 0 Å². The zero-order chi connectivity index (χ0) is 12.3. The van der Waals surface area contributed by atoms with E-state index >= 15 is 0 Å². The van der Waals surface area contributed by atoms with Crippen LogP contribution in [0.5, 0.6) is 11.6 Å². The summed E-state index contributed by atoms with van der Waals surface area (Å²) in [5.74, 6) is 1.15. The molecule has 5 heteroatoms. The molecule has 0 saturated heterocycles. The Morgan fingerprint density at radius 1 is 1.24 bits per heavy atom. The quantitative estimate of drug-likeness (QED) is 0.783. The van der Waals surface area contributed by atoms with Gasteiger partial charge in [-0.2, -0.15) is 4.98 Å². The topological polar surface area (TPSA) is 35.0 Å². The number of aryl methyl sites for hydroxylation is 1. The Bertz CT molecular complexity index is 516. The van der Waals surface area contributed by atoms with Crippen LogP contribution in [-0.2, 0) is 6.42 Å². The Morgan fingerprint density at radius 2 is 1.94 bits per heavy atom. The van der Waals surface area contributed by atoms with E-state index in [1.54, 1.807) is 0 Å². The van der Waals surface area contributed by atoms with E-state index in [-0.39, 0.29) is 5.82 Å². The van der Waals surface area contributed by atoms with Gasteiger partial charge in [0.25, 0.3) is 0 Å². The predicted molar refractivity (Wildman–Crippen MR) is 62.9 cm³/mol. The Hall–Kier alpha value is -1.68. The first-order valence-corrected chi connectivity index (χ1v) is 5.52. The van der Waals surface area contributed by atoms with Gasteiger partial charge >= 0.3 is 0 Å². The summed E-state index contributed by atoms with van der Waals surface area (Å²) in [6, 6.07) is 7.20. The van der Waals surface area contributed by atoms with Gasteiger partial charge < -0.3 is 4.74 Å². The van der Waals surface area contributed by atoms with E-state index in [1.165, 1.54) is 30.3 Å². The monoisotopic (exact) mass is 252 g/mol. The Labute approximate surface area is 103 Å². The van der Waals surface area contributed by atoms with Crippen LogP contribution in [0.1, 0.15) is 12.7 Å². The van der Waals surface area contributed by atoms with Crippen molar-refractivity contribution in [1.82, 2.24) is 9.97 Å². The zero-order valence-electron chi connectivity index (χ0n) is 9.15. The van der Waals surface area contributed by atoms with Crippen LogP contribution >= 0.6 is 11.6 Å². The lowest BCUT2D eigenvalue weighted by molar-refractivity contribution is 0.457. The SMILES string of the molecule is CCc1nc(Cl)cc(Oc2ccc(F)cc2)n1. The van der Waals surface area contributed by atoms with Crippen molar-refractivity contribution in [3.8, 4) is 11.6 Å². The fraction of sp³-hybridized carbons (Fsp3) is 0.167. The fourth-order valence-electron chi connectivity index (χ4n) is 1.28. The highest BCUT2D eigenvalue weighted by Crippen LogP contribution is 2.21. The maximum Gasteiger partial charge on any atom is 0.224 e. The van der Waals surface area contributed by atoms with E-state index in [4.69, 9.17) is 16.3 Å². The molecule has 0 N–H and O–H groups in total. The molecular formula is C12H10ClFN2O. The van der Waals surface area contributed by atoms with Gasteiger partial charge in [-0.1, -0.05) is 18.5 Å². The molecule has 1 heterocycles. The van der Waals surface area contributed by atoms with Crippen LogP contribution < -0.4 is 4.74 Å². The standard InChI is InChI=1S/C12H10ClFN2O/c1-2-11-15-10(13)7-12(16-11)17-9-5-3-8(14)4-6-9/h3-7H,2H2,1H3. The number of ether oxygens (including phenoxy) is 1. The van der Waals surface area contributed by atoms with Crippen LogP contribution in [0.15, 0.2) is 30.3 Å². The maximum atomic E-state index is 12.7. The van der Waals surface area contributed by atoms with E-state index in [9.17, 15) is 4.39 Å². The number of nitrogens with zero attached hydrogens (tertiary/aromatic N) is 2. The minimum Gasteiger partial charge on any atom is -0.439 e. The first-order valence-electron chi connectivity index (χ1n) is 5.14. The van der Waals surface area contributed by atoms with Crippen LogP contribution in [0.4, 0.5) is 4.39 Å². The second-order valence-electron chi connectivity index (χ2n) is 3.35. The molecule has 3 nitrogen and oxygen atoms in total. The second-order valence-corrected chi connectivity index (χ2v) is 3.74. The van der Waals surface area contributed by atoms with Crippen LogP contribution in [0.2, 0.25) is 5.15 Å². The van der Waals surface area contributed by atoms with Crippen LogP contribution in [0.3, 0.4) is 0 Å². The third-order valence-electron chi connectivity index (χ3n) is 2.07. The van der Waals surface area contributed by atoms with Crippen molar-refractivity contribution >= 4 is 11.6 Å². The van der Waals surface area contributed by atoms with Gasteiger partial charge in [-0.05, 0) is 24.3 Å². The van der Waals surface area contributed by atoms with Crippen molar-refractivity contribution in [2.24, 2.45) is 0 Å². The number of aromatic nitrogens is 2. The van der Waals surface area contributed by atoms with Gasteiger partial charge in [-0.15, -0.1) is 0 Å². The number of hydrogen-bond acceptors (Lipinski definition) is 3. The van der Waals surface area contributed by atoms with Gasteiger partial charge in [0, 0.05) is 12.5 Å². The lowest BCUT2D eigenvalue weighted by Crippen LogP contribution is -1.96. The van der Waals surface area contributed by atoms with Gasteiger partial charge in [0.15, 0.2) is 0 Å². The lowest BCUT2D eigenvalue weighted by Gasteiger charge is -2.06. The first-order chi connectivity index (χ1) is 8.17. The minimum atomic E-state index is -0.313. The van der Waals surface area contributed by atoms with Gasteiger partial charge in [0.2, 0.25) is 5.88 Å². The van der Waals surface area contributed by atoms with Crippen LogP contribution in [0.25, 0.3) is 0 Å². The van der Waals surface area contributed by atoms with E-state index in [1.807, 2.05) is 6.92 Å². The van der Waals surface area contributed by atoms with E-state index in [0.717, 1.165) is 0 Å². The number of halogens is 2. The summed E-state index contributed by atoms with van der Waals surface area (Å²) < 4.78 is 18.2. The molecule has 0 aliphatic rings. The first kappa shape index (κ1) is 11.8. The van der Waals surface area contributed by atoms with E-state index in [2.05, 4.69) is 9.97 Å². The molecule has 0 aliphatic heterocycles. The Morgan fingerprint density at radius 3 is 2.59 bits per heavy atom. The molecule has 0 radical (unpaired) electrons. The van der Waals surface area contributed by atoms with Gasteiger partial charge in [-0.25, -0.2) is 9.37 Å². The van der Waals surface area contributed by atoms with Crippen molar-refractivity contribution in [3.63, 3.8) is 0 Å². The summed E-state index contributed by atoms with van der Waals surface area (Å²) >= 11 is 5.83. The summed E-state index contributed by atoms with van der Waals surface area (Å²) in [4.78, 5) is 8.18. The van der Waals surface area contributed by atoms with Crippen molar-refractivity contribution in [3.05, 3.63) is 47.1 Å². The Balaban J connectivity index is 2.23. The number of benzene rings is 1. The lowest BCUT2D eigenvalue weighted by atomic mass is 10.3. The van der Waals surface area contributed by atoms with Gasteiger partial charge in [-0.3, -0.25) is 0 Å². The molecule has 0 bridgehead atoms. The Kier molecular flexibility index (Phi) is 3.54. The summed E-state index contributed by atoms with van der Waals surface area (Å²) in [5, 5.41) is 0.328. The molecule has 1 aromatic carbocycles. The highest BCUT2D eigenvalue weighted by Gasteiger charge is 2.04. The highest BCUT2D eigenvalue weighted by molar-refractivity contribution is 6.29. The van der Waals surface area contributed by atoms with Crippen molar-refractivity contribution in [2.75, 3.05) is 0 Å². The number of rotatable bonds is 3. The summed E-state index contributed by atoms with van der Waals surface area (Å²) in [7, 11) is 0. The van der Waals surface area contributed by atoms with Crippen LogP contribution in [-0.4, -0.2) is 9.97 Å². The van der Waals surface area contributed by atoms with Gasteiger partial charge in [0.1, 0.15) is 22.5 Å². The molecule has 2 aromatic rings. The number of hydrogen-bond donors (Lipinski definition) is 0. The minimum absolute atomic E-state index is 0.313. The maximum absolute atomic E-state index is 12.7. The van der Waals surface area contributed by atoms with Crippen molar-refractivity contribution < 1.29 is 9.13 Å². The summed E-state index contributed by atoms with van der Waals surface area (Å²) in [5.41, 5.74) is 0.